The van der Waals surface area contributed by atoms with Gasteiger partial charge in [0.05, 0.1) is 40.7 Å². The quantitative estimate of drug-likeness (QED) is 0.497. The molecule has 1 saturated carbocycles. The normalized spacial score (nSPS) is 21.0. The van der Waals surface area contributed by atoms with Crippen LogP contribution in [0.3, 0.4) is 0 Å². The van der Waals surface area contributed by atoms with Gasteiger partial charge in [0.25, 0.3) is 0 Å². The minimum Gasteiger partial charge on any atom is -0.345 e. The van der Waals surface area contributed by atoms with Crippen LogP contribution in [-0.2, 0) is 4.79 Å². The number of fused-ring (bicyclic) bond motifs is 1. The fraction of sp³-hybridized carbons (Fsp3) is 0.261. The summed E-state index contributed by atoms with van der Waals surface area (Å²) in [5.74, 6) is -1.66. The molecule has 2 aromatic carbocycles. The Hall–Kier alpha value is -3.55. The number of rotatable bonds is 4. The number of nitrogens with zero attached hydrogens (tertiary/aromatic N) is 4. The third-order valence-electron chi connectivity index (χ3n) is 6.30. The number of benzene rings is 2. The number of imidazole rings is 1. The summed E-state index contributed by atoms with van der Waals surface area (Å²) in [6.45, 7) is 1.81. The fourth-order valence-corrected chi connectivity index (χ4v) is 4.64. The summed E-state index contributed by atoms with van der Waals surface area (Å²) >= 11 is 0. The van der Waals surface area contributed by atoms with Crippen LogP contribution in [0.15, 0.2) is 48.9 Å². The SMILES string of the molecule is Cc1ccn(-c2cc(F)c([C@@H]3[C@H](C4CC4)C(=O)N3c3ccc4[nH]cnc4c3)c(F)c2)n1. The smallest absolute Gasteiger partial charge is 0.233 e. The Morgan fingerprint density at radius 3 is 2.52 bits per heavy atom. The first kappa shape index (κ1) is 18.2. The van der Waals surface area contributed by atoms with Crippen molar-refractivity contribution in [2.75, 3.05) is 4.90 Å². The van der Waals surface area contributed by atoms with Gasteiger partial charge in [-0.2, -0.15) is 5.10 Å². The fourth-order valence-electron chi connectivity index (χ4n) is 4.64. The first-order valence-corrected chi connectivity index (χ1v) is 10.3. The molecule has 0 spiro atoms. The molecule has 1 aliphatic heterocycles. The molecule has 2 aliphatic rings. The maximum atomic E-state index is 15.3. The number of anilines is 1. The van der Waals surface area contributed by atoms with Crippen molar-refractivity contribution in [3.05, 3.63) is 71.8 Å². The van der Waals surface area contributed by atoms with Crippen molar-refractivity contribution in [1.82, 2.24) is 19.7 Å². The van der Waals surface area contributed by atoms with Crippen molar-refractivity contribution in [2.24, 2.45) is 11.8 Å². The van der Waals surface area contributed by atoms with E-state index in [9.17, 15) is 4.79 Å². The lowest BCUT2D eigenvalue weighted by Gasteiger charge is -2.48. The summed E-state index contributed by atoms with van der Waals surface area (Å²) in [4.78, 5) is 21.8. The van der Waals surface area contributed by atoms with Crippen molar-refractivity contribution in [2.45, 2.75) is 25.8 Å². The predicted molar refractivity (Wildman–Crippen MR) is 111 cm³/mol. The number of hydrogen-bond acceptors (Lipinski definition) is 3. The highest BCUT2D eigenvalue weighted by Gasteiger charge is 2.56. The van der Waals surface area contributed by atoms with Crippen molar-refractivity contribution < 1.29 is 13.6 Å². The number of hydrogen-bond donors (Lipinski definition) is 1. The molecular weight excluding hydrogens is 400 g/mol. The highest BCUT2D eigenvalue weighted by atomic mass is 19.1. The summed E-state index contributed by atoms with van der Waals surface area (Å²) in [5.41, 5.74) is 3.13. The molecule has 6 nitrogen and oxygen atoms in total. The van der Waals surface area contributed by atoms with E-state index in [0.29, 0.717) is 16.9 Å². The van der Waals surface area contributed by atoms with E-state index in [4.69, 9.17) is 0 Å². The van der Waals surface area contributed by atoms with E-state index in [1.165, 1.54) is 21.7 Å². The van der Waals surface area contributed by atoms with Crippen LogP contribution in [0.5, 0.6) is 0 Å². The van der Waals surface area contributed by atoms with E-state index in [-0.39, 0.29) is 17.4 Å². The Kier molecular flexibility index (Phi) is 3.81. The molecule has 0 bridgehead atoms. The molecule has 31 heavy (non-hydrogen) atoms. The molecule has 0 unspecified atom stereocenters. The molecule has 2 fully saturated rings. The minimum absolute atomic E-state index is 0.0637. The molecular formula is C23H19F2N5O. The van der Waals surface area contributed by atoms with Gasteiger partial charge in [-0.05, 0) is 49.9 Å². The second-order valence-corrected chi connectivity index (χ2v) is 8.35. The number of aromatic amines is 1. The number of β-lactam (4-membered cyclic amide) rings is 1. The minimum atomic E-state index is -0.676. The molecule has 2 atom stereocenters. The molecule has 0 radical (unpaired) electrons. The Morgan fingerprint density at radius 1 is 1.06 bits per heavy atom. The number of halogens is 2. The Balaban J connectivity index is 1.44. The third kappa shape index (κ3) is 2.78. The molecule has 8 heteroatoms. The molecule has 4 aromatic rings. The van der Waals surface area contributed by atoms with Crippen LogP contribution in [0.4, 0.5) is 14.5 Å². The largest absolute Gasteiger partial charge is 0.345 e. The molecule has 1 N–H and O–H groups in total. The lowest BCUT2D eigenvalue weighted by molar-refractivity contribution is -0.131. The van der Waals surface area contributed by atoms with Gasteiger partial charge in [-0.3, -0.25) is 4.79 Å². The van der Waals surface area contributed by atoms with E-state index < -0.39 is 23.6 Å². The van der Waals surface area contributed by atoms with Crippen LogP contribution in [0.1, 0.15) is 30.1 Å². The number of carbonyl (C=O) groups is 1. The predicted octanol–water partition coefficient (Wildman–Crippen LogP) is 4.45. The molecule has 3 heterocycles. The Morgan fingerprint density at radius 2 is 1.84 bits per heavy atom. The van der Waals surface area contributed by atoms with E-state index in [0.717, 1.165) is 24.1 Å². The van der Waals surface area contributed by atoms with Crippen molar-refractivity contribution in [3.8, 4) is 5.69 Å². The van der Waals surface area contributed by atoms with Crippen LogP contribution < -0.4 is 4.90 Å². The third-order valence-corrected chi connectivity index (χ3v) is 6.30. The van der Waals surface area contributed by atoms with Gasteiger partial charge in [-0.15, -0.1) is 0 Å². The lowest BCUT2D eigenvalue weighted by atomic mass is 9.78. The molecule has 2 aromatic heterocycles. The molecule has 156 valence electrons. The van der Waals surface area contributed by atoms with E-state index in [1.807, 2.05) is 13.0 Å². The number of aromatic nitrogens is 4. The first-order valence-electron chi connectivity index (χ1n) is 10.3. The van der Waals surface area contributed by atoms with Gasteiger partial charge < -0.3 is 9.88 Å². The maximum absolute atomic E-state index is 15.3. The maximum Gasteiger partial charge on any atom is 0.233 e. The molecule has 6 rings (SSSR count). The van der Waals surface area contributed by atoms with E-state index in [2.05, 4.69) is 15.1 Å². The molecule has 1 aliphatic carbocycles. The summed E-state index contributed by atoms with van der Waals surface area (Å²) in [7, 11) is 0. The zero-order chi connectivity index (χ0) is 21.3. The highest BCUT2D eigenvalue weighted by molar-refractivity contribution is 6.04. The van der Waals surface area contributed by atoms with Gasteiger partial charge in [0.2, 0.25) is 5.91 Å². The number of H-pyrrole nitrogens is 1. The van der Waals surface area contributed by atoms with Gasteiger partial charge in [-0.1, -0.05) is 0 Å². The van der Waals surface area contributed by atoms with Gasteiger partial charge in [0, 0.05) is 29.6 Å². The van der Waals surface area contributed by atoms with Crippen LogP contribution in [-0.4, -0.2) is 25.7 Å². The summed E-state index contributed by atoms with van der Waals surface area (Å²) < 4.78 is 32.1. The Bertz CT molecular complexity index is 1320. The molecule has 1 saturated heterocycles. The highest BCUT2D eigenvalue weighted by Crippen LogP contribution is 2.54. The summed E-state index contributed by atoms with van der Waals surface area (Å²) in [6, 6.07) is 9.04. The number of nitrogens with one attached hydrogen (secondary N) is 1. The topological polar surface area (TPSA) is 66.8 Å². The monoisotopic (exact) mass is 419 g/mol. The average molecular weight is 419 g/mol. The average Bonchev–Trinajstić information content (AvgIpc) is 3.26. The Labute approximate surface area is 176 Å². The van der Waals surface area contributed by atoms with Crippen molar-refractivity contribution in [1.29, 1.82) is 0 Å². The number of carbonyl (C=O) groups excluding carboxylic acids is 1. The summed E-state index contributed by atoms with van der Waals surface area (Å²) in [6.07, 6.45) is 5.06. The van der Waals surface area contributed by atoms with E-state index in [1.54, 1.807) is 30.7 Å². The van der Waals surface area contributed by atoms with Crippen LogP contribution in [0.2, 0.25) is 0 Å². The standard InChI is InChI=1S/C23H19F2N5O/c1-12-6-7-29(28-12)15-8-16(24)21(17(25)9-15)22-20(13-2-3-13)23(31)30(22)14-4-5-18-19(10-14)27-11-26-18/h4-11,13,20,22H,2-3H2,1H3,(H,26,27)/t20-,22-/m0/s1. The molecule has 1 amide bonds. The summed E-state index contributed by atoms with van der Waals surface area (Å²) in [5, 5.41) is 4.23. The number of amides is 1. The van der Waals surface area contributed by atoms with Gasteiger partial charge in [0.1, 0.15) is 11.6 Å². The first-order chi connectivity index (χ1) is 15.0. The van der Waals surface area contributed by atoms with Crippen LogP contribution in [0, 0.1) is 30.4 Å². The van der Waals surface area contributed by atoms with Crippen molar-refractivity contribution >= 4 is 22.6 Å². The van der Waals surface area contributed by atoms with Crippen molar-refractivity contribution in [3.63, 3.8) is 0 Å². The van der Waals surface area contributed by atoms with E-state index >= 15 is 8.78 Å². The van der Waals surface area contributed by atoms with Gasteiger partial charge in [-0.25, -0.2) is 18.4 Å². The van der Waals surface area contributed by atoms with Crippen LogP contribution >= 0.6 is 0 Å². The van der Waals surface area contributed by atoms with Gasteiger partial charge in [0.15, 0.2) is 0 Å². The second-order valence-electron chi connectivity index (χ2n) is 8.35. The second kappa shape index (κ2) is 6.47. The zero-order valence-electron chi connectivity index (χ0n) is 16.7. The van der Waals surface area contributed by atoms with Gasteiger partial charge >= 0.3 is 0 Å². The zero-order valence-corrected chi connectivity index (χ0v) is 16.7. The van der Waals surface area contributed by atoms with Crippen LogP contribution in [0.25, 0.3) is 16.7 Å². The number of aryl methyl sites for hydroxylation is 1. The lowest BCUT2D eigenvalue weighted by Crippen LogP contribution is -2.56.